The molecule has 2 aromatic heterocycles. The Kier molecular flexibility index (Phi) is 8.27. The van der Waals surface area contributed by atoms with Crippen LogP contribution in [-0.2, 0) is 0 Å². The lowest BCUT2D eigenvalue weighted by atomic mass is 10.00. The lowest BCUT2D eigenvalue weighted by molar-refractivity contribution is 0.0773. The van der Waals surface area contributed by atoms with Crippen LogP contribution in [0.2, 0.25) is 0 Å². The Hall–Kier alpha value is -3.50. The molecule has 0 atom stereocenters. The van der Waals surface area contributed by atoms with Crippen LogP contribution in [0.15, 0.2) is 42.7 Å². The van der Waals surface area contributed by atoms with Crippen molar-refractivity contribution in [2.75, 3.05) is 44.6 Å². The summed E-state index contributed by atoms with van der Waals surface area (Å²) >= 11 is 0. The second kappa shape index (κ2) is 11.8. The third-order valence-electron chi connectivity index (χ3n) is 6.74. The summed E-state index contributed by atoms with van der Waals surface area (Å²) in [6.45, 7) is 9.53. The Labute approximate surface area is 207 Å². The number of fused-ring (bicyclic) bond motifs is 1. The van der Waals surface area contributed by atoms with Crippen LogP contribution >= 0.6 is 0 Å². The van der Waals surface area contributed by atoms with Gasteiger partial charge in [0, 0.05) is 54.2 Å². The number of nitrogens with zero attached hydrogens (tertiary/aromatic N) is 5. The number of anilines is 1. The molecule has 1 saturated heterocycles. The molecular formula is C28H34N6O. The highest BCUT2D eigenvalue weighted by atomic mass is 16.2. The third kappa shape index (κ3) is 5.77. The van der Waals surface area contributed by atoms with E-state index in [0.717, 1.165) is 41.7 Å². The second-order valence-corrected chi connectivity index (χ2v) is 8.98. The van der Waals surface area contributed by atoms with Gasteiger partial charge in [0.25, 0.3) is 5.91 Å². The van der Waals surface area contributed by atoms with E-state index in [4.69, 9.17) is 4.98 Å². The standard InChI is InChI=1S/C28H34N6O/c1-3-34(4-2)28(35)21-9-10-23(22(17-21)19-29)27-18-26(24-20-30-13-11-25(24)32-27)31-12-8-16-33-14-6-5-7-15-33/h9-11,13,17-18,20H,3-8,12,14-16H2,1-2H3,(H,31,32). The lowest BCUT2D eigenvalue weighted by Crippen LogP contribution is -2.31. The Balaban J connectivity index is 1.59. The molecule has 1 aliphatic heterocycles. The van der Waals surface area contributed by atoms with Crippen LogP contribution in [-0.4, -0.2) is 64.9 Å². The Morgan fingerprint density at radius 3 is 2.69 bits per heavy atom. The van der Waals surface area contributed by atoms with Gasteiger partial charge >= 0.3 is 0 Å². The maximum absolute atomic E-state index is 12.8. The number of amides is 1. The number of piperidine rings is 1. The van der Waals surface area contributed by atoms with E-state index in [9.17, 15) is 10.1 Å². The highest BCUT2D eigenvalue weighted by molar-refractivity contribution is 5.96. The van der Waals surface area contributed by atoms with Crippen LogP contribution in [0, 0.1) is 11.3 Å². The largest absolute Gasteiger partial charge is 0.384 e. The first-order chi connectivity index (χ1) is 17.1. The number of pyridine rings is 2. The summed E-state index contributed by atoms with van der Waals surface area (Å²) in [4.78, 5) is 26.2. The zero-order valence-corrected chi connectivity index (χ0v) is 20.8. The van der Waals surface area contributed by atoms with E-state index < -0.39 is 0 Å². The smallest absolute Gasteiger partial charge is 0.253 e. The molecule has 0 bridgehead atoms. The van der Waals surface area contributed by atoms with Gasteiger partial charge in [-0.15, -0.1) is 0 Å². The van der Waals surface area contributed by atoms with Gasteiger partial charge in [0.15, 0.2) is 0 Å². The number of rotatable bonds is 9. The third-order valence-corrected chi connectivity index (χ3v) is 6.74. The van der Waals surface area contributed by atoms with Gasteiger partial charge in [-0.25, -0.2) is 4.98 Å². The predicted octanol–water partition coefficient (Wildman–Crippen LogP) is 4.94. The molecule has 0 aliphatic carbocycles. The average Bonchev–Trinajstić information content (AvgIpc) is 2.91. The molecule has 1 aliphatic rings. The van der Waals surface area contributed by atoms with E-state index >= 15 is 0 Å². The van der Waals surface area contributed by atoms with Gasteiger partial charge in [0.2, 0.25) is 0 Å². The number of nitrogens with one attached hydrogen (secondary N) is 1. The fraction of sp³-hybridized carbons (Fsp3) is 0.429. The number of aromatic nitrogens is 2. The van der Waals surface area contributed by atoms with Gasteiger partial charge in [0.05, 0.1) is 22.8 Å². The fourth-order valence-electron chi connectivity index (χ4n) is 4.75. The van der Waals surface area contributed by atoms with E-state index in [1.54, 1.807) is 23.2 Å². The van der Waals surface area contributed by atoms with Crippen molar-refractivity contribution in [3.05, 3.63) is 53.9 Å². The molecule has 3 heterocycles. The molecule has 0 radical (unpaired) electrons. The maximum Gasteiger partial charge on any atom is 0.253 e. The first kappa shape index (κ1) is 24.6. The number of carbonyl (C=O) groups is 1. The minimum Gasteiger partial charge on any atom is -0.384 e. The lowest BCUT2D eigenvalue weighted by Gasteiger charge is -2.26. The molecule has 182 valence electrons. The van der Waals surface area contributed by atoms with Crippen molar-refractivity contribution in [2.24, 2.45) is 0 Å². The Morgan fingerprint density at radius 2 is 1.94 bits per heavy atom. The molecule has 7 nitrogen and oxygen atoms in total. The molecular weight excluding hydrogens is 436 g/mol. The van der Waals surface area contributed by atoms with Crippen LogP contribution in [0.3, 0.4) is 0 Å². The Bertz CT molecular complexity index is 1210. The van der Waals surface area contributed by atoms with Crippen LogP contribution < -0.4 is 5.32 Å². The summed E-state index contributed by atoms with van der Waals surface area (Å²) in [7, 11) is 0. The topological polar surface area (TPSA) is 85.2 Å². The van der Waals surface area contributed by atoms with Crippen molar-refractivity contribution in [3.63, 3.8) is 0 Å². The number of carbonyl (C=O) groups excluding carboxylic acids is 1. The van der Waals surface area contributed by atoms with E-state index in [1.807, 2.05) is 38.2 Å². The van der Waals surface area contributed by atoms with Crippen LogP contribution in [0.4, 0.5) is 5.69 Å². The summed E-state index contributed by atoms with van der Waals surface area (Å²) in [5.74, 6) is -0.0633. The fourth-order valence-corrected chi connectivity index (χ4v) is 4.75. The van der Waals surface area contributed by atoms with E-state index in [1.165, 1.54) is 32.4 Å². The van der Waals surface area contributed by atoms with Gasteiger partial charge in [-0.05, 0) is 77.0 Å². The van der Waals surface area contributed by atoms with Crippen LogP contribution in [0.1, 0.15) is 55.5 Å². The summed E-state index contributed by atoms with van der Waals surface area (Å²) in [5.41, 5.74) is 4.18. The molecule has 4 rings (SSSR count). The minimum absolute atomic E-state index is 0.0633. The molecule has 3 aromatic rings. The van der Waals surface area contributed by atoms with E-state index in [-0.39, 0.29) is 5.91 Å². The number of benzene rings is 1. The summed E-state index contributed by atoms with van der Waals surface area (Å²) < 4.78 is 0. The van der Waals surface area contributed by atoms with Gasteiger partial charge in [-0.2, -0.15) is 5.26 Å². The highest BCUT2D eigenvalue weighted by Crippen LogP contribution is 2.30. The average molecular weight is 471 g/mol. The summed E-state index contributed by atoms with van der Waals surface area (Å²) in [5, 5.41) is 14.4. The van der Waals surface area contributed by atoms with Crippen molar-refractivity contribution < 1.29 is 4.79 Å². The molecule has 35 heavy (non-hydrogen) atoms. The molecule has 1 fully saturated rings. The van der Waals surface area contributed by atoms with Crippen LogP contribution in [0.5, 0.6) is 0 Å². The van der Waals surface area contributed by atoms with Gasteiger partial charge in [-0.1, -0.05) is 12.5 Å². The van der Waals surface area contributed by atoms with Gasteiger partial charge < -0.3 is 15.1 Å². The molecule has 0 spiro atoms. The normalized spacial score (nSPS) is 14.0. The Morgan fingerprint density at radius 1 is 1.14 bits per heavy atom. The SMILES string of the molecule is CCN(CC)C(=O)c1ccc(-c2cc(NCCCN3CCCCC3)c3cnccc3n2)c(C#N)c1. The van der Waals surface area contributed by atoms with Crippen molar-refractivity contribution in [1.29, 1.82) is 5.26 Å². The quantitative estimate of drug-likeness (QED) is 0.446. The second-order valence-electron chi connectivity index (χ2n) is 8.98. The van der Waals surface area contributed by atoms with Crippen molar-refractivity contribution in [3.8, 4) is 17.3 Å². The number of hydrogen-bond acceptors (Lipinski definition) is 6. The summed E-state index contributed by atoms with van der Waals surface area (Å²) in [6, 6.07) is 11.5. The summed E-state index contributed by atoms with van der Waals surface area (Å²) in [6.07, 6.45) is 8.58. The first-order valence-corrected chi connectivity index (χ1v) is 12.7. The monoisotopic (exact) mass is 470 g/mol. The van der Waals surface area contributed by atoms with Gasteiger partial charge in [0.1, 0.15) is 0 Å². The first-order valence-electron chi connectivity index (χ1n) is 12.7. The van der Waals surface area contributed by atoms with E-state index in [2.05, 4.69) is 21.3 Å². The molecule has 1 N–H and O–H groups in total. The van der Waals surface area contributed by atoms with Crippen molar-refractivity contribution >= 4 is 22.5 Å². The molecule has 1 amide bonds. The van der Waals surface area contributed by atoms with Crippen molar-refractivity contribution in [2.45, 2.75) is 39.5 Å². The molecule has 0 saturated carbocycles. The minimum atomic E-state index is -0.0633. The highest BCUT2D eigenvalue weighted by Gasteiger charge is 2.17. The predicted molar refractivity (Wildman–Crippen MR) is 140 cm³/mol. The number of hydrogen-bond donors (Lipinski definition) is 1. The zero-order chi connectivity index (χ0) is 24.6. The molecule has 0 unspecified atom stereocenters. The zero-order valence-electron chi connectivity index (χ0n) is 20.8. The van der Waals surface area contributed by atoms with Crippen LogP contribution in [0.25, 0.3) is 22.2 Å². The molecule has 1 aromatic carbocycles. The maximum atomic E-state index is 12.8. The number of likely N-dealkylation sites (tertiary alicyclic amines) is 1. The van der Waals surface area contributed by atoms with E-state index in [0.29, 0.717) is 29.9 Å². The molecule has 7 heteroatoms. The number of nitriles is 1. The van der Waals surface area contributed by atoms with Crippen molar-refractivity contribution in [1.82, 2.24) is 19.8 Å². The van der Waals surface area contributed by atoms with Gasteiger partial charge in [-0.3, -0.25) is 9.78 Å².